The van der Waals surface area contributed by atoms with Crippen molar-refractivity contribution in [2.45, 2.75) is 57.7 Å². The number of aromatic nitrogens is 2. The highest BCUT2D eigenvalue weighted by Gasteiger charge is 2.35. The maximum absolute atomic E-state index is 13.5. The number of halogens is 3. The zero-order valence-corrected chi connectivity index (χ0v) is 18.6. The molecule has 4 rings (SSSR count). The Morgan fingerprint density at radius 1 is 0.909 bits per heavy atom. The minimum absolute atomic E-state index is 0.0637. The molecule has 3 aromatic rings. The predicted octanol–water partition coefficient (Wildman–Crippen LogP) is 7.43. The Labute approximate surface area is 191 Å². The van der Waals surface area contributed by atoms with Crippen LogP contribution in [0.1, 0.15) is 56.6 Å². The molecule has 1 aliphatic carbocycles. The molecule has 0 unspecified atom stereocenters. The number of benzene rings is 2. The van der Waals surface area contributed by atoms with E-state index in [4.69, 9.17) is 4.74 Å². The lowest BCUT2D eigenvalue weighted by molar-refractivity contribution is -0.137. The van der Waals surface area contributed by atoms with E-state index in [9.17, 15) is 13.2 Å². The quantitative estimate of drug-likeness (QED) is 0.387. The van der Waals surface area contributed by atoms with Gasteiger partial charge in [-0.2, -0.15) is 18.2 Å². The zero-order valence-electron chi connectivity index (χ0n) is 18.6. The lowest BCUT2D eigenvalue weighted by Crippen LogP contribution is -2.12. The second-order valence-corrected chi connectivity index (χ2v) is 8.53. The fourth-order valence-electron chi connectivity index (χ4n) is 3.78. The highest BCUT2D eigenvalue weighted by molar-refractivity contribution is 5.63. The smallest absolute Gasteiger partial charge is 0.421 e. The molecule has 0 saturated heterocycles. The van der Waals surface area contributed by atoms with E-state index in [2.05, 4.69) is 34.4 Å². The van der Waals surface area contributed by atoms with Gasteiger partial charge in [-0.25, -0.2) is 4.98 Å². The largest absolute Gasteiger partial charge is 0.490 e. The first-order valence-electron chi connectivity index (χ1n) is 11.1. The van der Waals surface area contributed by atoms with Crippen LogP contribution in [-0.2, 0) is 6.18 Å². The molecular formula is C25H27F3N4O. The summed E-state index contributed by atoms with van der Waals surface area (Å²) in [7, 11) is 0. The average molecular weight is 457 g/mol. The van der Waals surface area contributed by atoms with Crippen molar-refractivity contribution < 1.29 is 17.9 Å². The third-order valence-electron chi connectivity index (χ3n) is 5.65. The normalized spacial score (nSPS) is 14.5. The number of rotatable bonds is 7. The summed E-state index contributed by atoms with van der Waals surface area (Å²) in [5.41, 5.74) is 1.34. The van der Waals surface area contributed by atoms with Crippen LogP contribution in [0.4, 0.5) is 36.3 Å². The summed E-state index contributed by atoms with van der Waals surface area (Å²) in [6.07, 6.45) is 0.965. The van der Waals surface area contributed by atoms with Gasteiger partial charge in [-0.05, 0) is 73.6 Å². The van der Waals surface area contributed by atoms with Crippen molar-refractivity contribution in [1.29, 1.82) is 0 Å². The van der Waals surface area contributed by atoms with Crippen molar-refractivity contribution in [2.24, 2.45) is 0 Å². The fraction of sp³-hybridized carbons (Fsp3) is 0.360. The van der Waals surface area contributed by atoms with Crippen molar-refractivity contribution >= 4 is 23.1 Å². The highest BCUT2D eigenvalue weighted by Crippen LogP contribution is 2.35. The molecule has 0 amide bonds. The van der Waals surface area contributed by atoms with Crippen LogP contribution in [0.2, 0.25) is 0 Å². The van der Waals surface area contributed by atoms with E-state index in [-0.39, 0.29) is 17.9 Å². The van der Waals surface area contributed by atoms with Crippen LogP contribution >= 0.6 is 0 Å². The summed E-state index contributed by atoms with van der Waals surface area (Å²) in [6.45, 7) is 4.11. The van der Waals surface area contributed by atoms with Crippen LogP contribution in [0.5, 0.6) is 5.75 Å². The lowest BCUT2D eigenvalue weighted by Gasteiger charge is -2.16. The Morgan fingerprint density at radius 2 is 1.52 bits per heavy atom. The molecule has 0 bridgehead atoms. The number of nitrogens with zero attached hydrogens (tertiary/aromatic N) is 2. The molecule has 2 aromatic carbocycles. The van der Waals surface area contributed by atoms with E-state index in [0.717, 1.165) is 30.4 Å². The van der Waals surface area contributed by atoms with Crippen molar-refractivity contribution in [2.75, 3.05) is 10.6 Å². The number of ether oxygens (including phenoxy) is 1. The highest BCUT2D eigenvalue weighted by atomic mass is 19.4. The van der Waals surface area contributed by atoms with Gasteiger partial charge in [0.15, 0.2) is 0 Å². The van der Waals surface area contributed by atoms with Gasteiger partial charge in [-0.15, -0.1) is 0 Å². The van der Waals surface area contributed by atoms with Gasteiger partial charge >= 0.3 is 6.18 Å². The third kappa shape index (κ3) is 5.94. The molecule has 2 N–H and O–H groups in total. The first-order chi connectivity index (χ1) is 15.8. The summed E-state index contributed by atoms with van der Waals surface area (Å²) in [6, 6.07) is 14.5. The topological polar surface area (TPSA) is 59.1 Å². The SMILES string of the molecule is CC(C)c1ccc(Nc2nc(Nc3ccc(OC4CCCC4)cc3)ncc2C(F)(F)F)cc1. The van der Waals surface area contributed by atoms with Crippen LogP contribution in [0.25, 0.3) is 0 Å². The Balaban J connectivity index is 1.51. The molecule has 0 spiro atoms. The predicted molar refractivity (Wildman–Crippen MR) is 123 cm³/mol. The molecule has 0 atom stereocenters. The number of anilines is 4. The van der Waals surface area contributed by atoms with E-state index >= 15 is 0 Å². The van der Waals surface area contributed by atoms with Crippen LogP contribution in [-0.4, -0.2) is 16.1 Å². The van der Waals surface area contributed by atoms with Gasteiger partial charge in [0.05, 0.1) is 6.10 Å². The molecule has 5 nitrogen and oxygen atoms in total. The van der Waals surface area contributed by atoms with Crippen LogP contribution in [0, 0.1) is 0 Å². The second-order valence-electron chi connectivity index (χ2n) is 8.53. The minimum atomic E-state index is -4.59. The zero-order chi connectivity index (χ0) is 23.4. The van der Waals surface area contributed by atoms with E-state index in [1.54, 1.807) is 24.3 Å². The first-order valence-corrected chi connectivity index (χ1v) is 11.1. The molecule has 1 aliphatic rings. The summed E-state index contributed by atoms with van der Waals surface area (Å²) in [5, 5.41) is 5.76. The summed E-state index contributed by atoms with van der Waals surface area (Å²) in [5.74, 6) is 0.856. The molecular weight excluding hydrogens is 429 g/mol. The Kier molecular flexibility index (Phi) is 6.72. The minimum Gasteiger partial charge on any atom is -0.490 e. The maximum atomic E-state index is 13.5. The molecule has 174 valence electrons. The Hall–Kier alpha value is -3.29. The van der Waals surface area contributed by atoms with Gasteiger partial charge in [-0.1, -0.05) is 26.0 Å². The van der Waals surface area contributed by atoms with Gasteiger partial charge in [-0.3, -0.25) is 0 Å². The maximum Gasteiger partial charge on any atom is 0.421 e. The number of alkyl halides is 3. The molecule has 1 heterocycles. The van der Waals surface area contributed by atoms with E-state index in [1.165, 1.54) is 12.8 Å². The first kappa shape index (κ1) is 22.9. The van der Waals surface area contributed by atoms with E-state index in [1.807, 2.05) is 24.3 Å². The van der Waals surface area contributed by atoms with Crippen molar-refractivity contribution in [3.8, 4) is 5.75 Å². The fourth-order valence-corrected chi connectivity index (χ4v) is 3.78. The number of nitrogens with one attached hydrogen (secondary N) is 2. The molecule has 0 radical (unpaired) electrons. The molecule has 33 heavy (non-hydrogen) atoms. The Bertz CT molecular complexity index is 1060. The van der Waals surface area contributed by atoms with Gasteiger partial charge < -0.3 is 15.4 Å². The Morgan fingerprint density at radius 3 is 2.12 bits per heavy atom. The molecule has 8 heteroatoms. The second kappa shape index (κ2) is 9.68. The van der Waals surface area contributed by atoms with Gasteiger partial charge in [0.25, 0.3) is 0 Å². The van der Waals surface area contributed by atoms with Crippen LogP contribution in [0.15, 0.2) is 54.7 Å². The molecule has 1 saturated carbocycles. The third-order valence-corrected chi connectivity index (χ3v) is 5.65. The van der Waals surface area contributed by atoms with Gasteiger partial charge in [0.1, 0.15) is 17.1 Å². The molecule has 0 aliphatic heterocycles. The molecule has 1 fully saturated rings. The van der Waals surface area contributed by atoms with Crippen LogP contribution in [0.3, 0.4) is 0 Å². The van der Waals surface area contributed by atoms with Crippen molar-refractivity contribution in [3.63, 3.8) is 0 Å². The van der Waals surface area contributed by atoms with E-state index in [0.29, 0.717) is 17.3 Å². The van der Waals surface area contributed by atoms with Gasteiger partial charge in [0, 0.05) is 17.6 Å². The standard InChI is InChI=1S/C25H27F3N4O/c1-16(2)17-7-9-18(10-8-17)30-23-22(25(26,27)28)15-29-24(32-23)31-19-11-13-21(14-12-19)33-20-5-3-4-6-20/h7-16,20H,3-6H2,1-2H3,(H2,29,30,31,32). The van der Waals surface area contributed by atoms with Crippen molar-refractivity contribution in [1.82, 2.24) is 9.97 Å². The monoisotopic (exact) mass is 456 g/mol. The summed E-state index contributed by atoms with van der Waals surface area (Å²) in [4.78, 5) is 7.98. The summed E-state index contributed by atoms with van der Waals surface area (Å²) < 4.78 is 46.6. The number of hydrogen-bond acceptors (Lipinski definition) is 5. The van der Waals surface area contributed by atoms with Crippen molar-refractivity contribution in [3.05, 3.63) is 65.9 Å². The molecule has 1 aromatic heterocycles. The summed E-state index contributed by atoms with van der Waals surface area (Å²) >= 11 is 0. The lowest BCUT2D eigenvalue weighted by atomic mass is 10.0. The van der Waals surface area contributed by atoms with Crippen LogP contribution < -0.4 is 15.4 Å². The average Bonchev–Trinajstić information content (AvgIpc) is 3.28. The number of hydrogen-bond donors (Lipinski definition) is 2. The van der Waals surface area contributed by atoms with Gasteiger partial charge in [0.2, 0.25) is 5.95 Å². The van der Waals surface area contributed by atoms with E-state index < -0.39 is 11.7 Å².